The Hall–Kier alpha value is -5.04. The van der Waals surface area contributed by atoms with Crippen molar-refractivity contribution in [3.63, 3.8) is 0 Å². The zero-order valence-corrected chi connectivity index (χ0v) is 27.8. The minimum Gasteiger partial charge on any atom is -0.466 e. The lowest BCUT2D eigenvalue weighted by atomic mass is 9.76. The van der Waals surface area contributed by atoms with Crippen LogP contribution in [-0.2, 0) is 19.9 Å². The molecule has 240 valence electrons. The highest BCUT2D eigenvalue weighted by Gasteiger charge is 2.54. The summed E-state index contributed by atoms with van der Waals surface area (Å²) in [7, 11) is 2.03. The SMILES string of the molecule is CCOC(=O)CCCN1c2cc3c(cc2C(C)=CC1(C)C)C1(OC(=O)c2ccccc21)c1ccc(N(C)c2ccc(C)cc2)cc1O3. The summed E-state index contributed by atoms with van der Waals surface area (Å²) in [6, 6.07) is 26.4. The van der Waals surface area contributed by atoms with Gasteiger partial charge in [0.15, 0.2) is 5.60 Å². The monoisotopic (exact) mass is 628 g/mol. The topological polar surface area (TPSA) is 68.3 Å². The number of ether oxygens (including phenoxy) is 3. The van der Waals surface area contributed by atoms with Gasteiger partial charge in [0, 0.05) is 71.5 Å². The van der Waals surface area contributed by atoms with Crippen LogP contribution in [0.4, 0.5) is 17.1 Å². The van der Waals surface area contributed by atoms with E-state index in [1.807, 2.05) is 50.4 Å². The molecule has 3 aliphatic rings. The Balaban J connectivity index is 1.38. The van der Waals surface area contributed by atoms with E-state index in [4.69, 9.17) is 14.2 Å². The predicted molar refractivity (Wildman–Crippen MR) is 185 cm³/mol. The van der Waals surface area contributed by atoms with Crippen LogP contribution < -0.4 is 14.5 Å². The van der Waals surface area contributed by atoms with Crippen LogP contribution in [0, 0.1) is 6.92 Å². The molecule has 7 heteroatoms. The molecule has 47 heavy (non-hydrogen) atoms. The Kier molecular flexibility index (Phi) is 7.38. The first-order valence-electron chi connectivity index (χ1n) is 16.3. The molecule has 7 rings (SSSR count). The average molecular weight is 629 g/mol. The summed E-state index contributed by atoms with van der Waals surface area (Å²) in [6.45, 7) is 11.4. The summed E-state index contributed by atoms with van der Waals surface area (Å²) in [5.74, 6) is 0.730. The fourth-order valence-electron chi connectivity index (χ4n) is 7.38. The maximum Gasteiger partial charge on any atom is 0.340 e. The van der Waals surface area contributed by atoms with Crippen molar-refractivity contribution in [2.75, 3.05) is 30.0 Å². The quantitative estimate of drug-likeness (QED) is 0.190. The molecule has 3 heterocycles. The second kappa shape index (κ2) is 11.3. The molecule has 0 aliphatic carbocycles. The van der Waals surface area contributed by atoms with Gasteiger partial charge in [-0.15, -0.1) is 0 Å². The third-order valence-electron chi connectivity index (χ3n) is 9.67. The molecule has 0 N–H and O–H groups in total. The van der Waals surface area contributed by atoms with E-state index in [1.54, 1.807) is 0 Å². The molecular weight excluding hydrogens is 588 g/mol. The van der Waals surface area contributed by atoms with Crippen molar-refractivity contribution in [2.24, 2.45) is 0 Å². The van der Waals surface area contributed by atoms with Crippen LogP contribution in [0.5, 0.6) is 11.5 Å². The molecule has 0 saturated heterocycles. The van der Waals surface area contributed by atoms with E-state index in [0.717, 1.165) is 44.9 Å². The Morgan fingerprint density at radius 2 is 1.60 bits per heavy atom. The van der Waals surface area contributed by atoms with Crippen LogP contribution in [0.2, 0.25) is 0 Å². The van der Waals surface area contributed by atoms with Crippen molar-refractivity contribution < 1.29 is 23.8 Å². The lowest BCUT2D eigenvalue weighted by Gasteiger charge is -2.45. The Morgan fingerprint density at radius 1 is 0.872 bits per heavy atom. The van der Waals surface area contributed by atoms with Gasteiger partial charge in [0.1, 0.15) is 11.5 Å². The number of esters is 2. The lowest BCUT2D eigenvalue weighted by Crippen LogP contribution is -2.46. The highest BCUT2D eigenvalue weighted by atomic mass is 16.6. The number of benzene rings is 4. The number of hydrogen-bond acceptors (Lipinski definition) is 7. The van der Waals surface area contributed by atoms with Crippen LogP contribution in [0.15, 0.2) is 84.9 Å². The first kappa shape index (κ1) is 30.6. The van der Waals surface area contributed by atoms with Gasteiger partial charge < -0.3 is 24.0 Å². The van der Waals surface area contributed by atoms with E-state index in [2.05, 4.69) is 86.0 Å². The second-order valence-corrected chi connectivity index (χ2v) is 13.2. The molecule has 4 aromatic rings. The molecule has 0 aromatic heterocycles. The summed E-state index contributed by atoms with van der Waals surface area (Å²) < 4.78 is 18.5. The van der Waals surface area contributed by atoms with Crippen LogP contribution in [-0.4, -0.2) is 37.7 Å². The fourth-order valence-corrected chi connectivity index (χ4v) is 7.38. The molecular formula is C40H40N2O5. The first-order valence-corrected chi connectivity index (χ1v) is 16.3. The first-order chi connectivity index (χ1) is 22.5. The maximum atomic E-state index is 13.5. The highest BCUT2D eigenvalue weighted by molar-refractivity contribution is 5.97. The van der Waals surface area contributed by atoms with Gasteiger partial charge in [-0.1, -0.05) is 42.0 Å². The van der Waals surface area contributed by atoms with Gasteiger partial charge in [-0.25, -0.2) is 4.79 Å². The van der Waals surface area contributed by atoms with Gasteiger partial charge in [-0.2, -0.15) is 0 Å². The Bertz CT molecular complexity index is 1940. The van der Waals surface area contributed by atoms with Crippen molar-refractivity contribution >= 4 is 34.6 Å². The number of anilines is 3. The van der Waals surface area contributed by atoms with Crippen molar-refractivity contribution in [2.45, 2.75) is 58.6 Å². The number of fused-ring (bicyclic) bond motifs is 7. The molecule has 1 unspecified atom stereocenters. The molecule has 7 nitrogen and oxygen atoms in total. The maximum absolute atomic E-state index is 13.5. The molecule has 1 spiro atoms. The molecule has 1 atom stereocenters. The largest absolute Gasteiger partial charge is 0.466 e. The Labute approximate surface area is 276 Å². The van der Waals surface area contributed by atoms with E-state index in [9.17, 15) is 9.59 Å². The zero-order chi connectivity index (χ0) is 33.1. The molecule has 0 bridgehead atoms. The minimum absolute atomic E-state index is 0.185. The van der Waals surface area contributed by atoms with Crippen LogP contribution in [0.3, 0.4) is 0 Å². The van der Waals surface area contributed by atoms with Gasteiger partial charge in [0.2, 0.25) is 0 Å². The summed E-state index contributed by atoms with van der Waals surface area (Å²) in [5.41, 5.74) is 7.84. The van der Waals surface area contributed by atoms with Crippen molar-refractivity contribution in [1.82, 2.24) is 0 Å². The smallest absolute Gasteiger partial charge is 0.340 e. The van der Waals surface area contributed by atoms with Crippen molar-refractivity contribution in [3.8, 4) is 11.5 Å². The molecule has 0 fully saturated rings. The van der Waals surface area contributed by atoms with Crippen molar-refractivity contribution in [1.29, 1.82) is 0 Å². The van der Waals surface area contributed by atoms with Crippen LogP contribution in [0.1, 0.15) is 78.7 Å². The third kappa shape index (κ3) is 4.96. The summed E-state index contributed by atoms with van der Waals surface area (Å²) in [4.78, 5) is 30.2. The number of rotatable bonds is 7. The summed E-state index contributed by atoms with van der Waals surface area (Å²) in [6.07, 6.45) is 3.26. The van der Waals surface area contributed by atoms with E-state index < -0.39 is 5.60 Å². The third-order valence-corrected chi connectivity index (χ3v) is 9.67. The van der Waals surface area contributed by atoms with Crippen LogP contribution >= 0.6 is 0 Å². The second-order valence-electron chi connectivity index (χ2n) is 13.2. The van der Waals surface area contributed by atoms with Crippen LogP contribution in [0.25, 0.3) is 5.57 Å². The fraction of sp³-hybridized carbons (Fsp3) is 0.300. The summed E-state index contributed by atoms with van der Waals surface area (Å²) >= 11 is 0. The average Bonchev–Trinajstić information content (AvgIpc) is 3.34. The van der Waals surface area contributed by atoms with Gasteiger partial charge >= 0.3 is 11.9 Å². The number of carbonyl (C=O) groups excluding carboxylic acids is 2. The number of allylic oxidation sites excluding steroid dienone is 1. The molecule has 0 radical (unpaired) electrons. The van der Waals surface area contributed by atoms with E-state index in [-0.39, 0.29) is 17.5 Å². The van der Waals surface area contributed by atoms with E-state index >= 15 is 0 Å². The predicted octanol–water partition coefficient (Wildman–Crippen LogP) is 8.68. The van der Waals surface area contributed by atoms with Gasteiger partial charge in [-0.05, 0) is 83.0 Å². The molecule has 0 saturated carbocycles. The van der Waals surface area contributed by atoms with Gasteiger partial charge in [0.05, 0.1) is 17.7 Å². The molecule has 3 aliphatic heterocycles. The summed E-state index contributed by atoms with van der Waals surface area (Å²) in [5, 5.41) is 0. The van der Waals surface area contributed by atoms with Gasteiger partial charge in [-0.3, -0.25) is 4.79 Å². The molecule has 4 aromatic carbocycles. The van der Waals surface area contributed by atoms with E-state index in [0.29, 0.717) is 43.1 Å². The van der Waals surface area contributed by atoms with Gasteiger partial charge in [0.25, 0.3) is 0 Å². The normalized spacial score (nSPS) is 18.3. The number of nitrogens with zero attached hydrogens (tertiary/aromatic N) is 2. The lowest BCUT2D eigenvalue weighted by molar-refractivity contribution is -0.143. The number of carbonyl (C=O) groups is 2. The Morgan fingerprint density at radius 3 is 2.36 bits per heavy atom. The molecule has 0 amide bonds. The minimum atomic E-state index is -1.17. The highest BCUT2D eigenvalue weighted by Crippen LogP contribution is 2.58. The van der Waals surface area contributed by atoms with Crippen molar-refractivity contribution in [3.05, 3.63) is 118 Å². The zero-order valence-electron chi connectivity index (χ0n) is 27.8. The standard InChI is InChI=1S/C40H40N2O5/c1-7-45-37(43)13-10-20-42-34-23-36-33(22-30(34)26(3)24-39(42,4)5)40(31-12-9-8-11-29(31)38(44)47-40)32-19-18-28(21-35(32)46-36)41(6)27-16-14-25(2)15-17-27/h8-9,11-12,14-19,21-24H,7,10,13,20H2,1-6H3. The number of hydrogen-bond donors (Lipinski definition) is 0. The number of aryl methyl sites for hydroxylation is 1. The van der Waals surface area contributed by atoms with E-state index in [1.165, 1.54) is 5.56 Å².